The van der Waals surface area contributed by atoms with Crippen LogP contribution in [0.3, 0.4) is 0 Å². The summed E-state index contributed by atoms with van der Waals surface area (Å²) in [6, 6.07) is 41.6. The van der Waals surface area contributed by atoms with E-state index < -0.39 is 0 Å². The summed E-state index contributed by atoms with van der Waals surface area (Å²) in [5.41, 5.74) is 6.02. The average molecular weight is 455 g/mol. The summed E-state index contributed by atoms with van der Waals surface area (Å²) in [4.78, 5) is 2.29. The van der Waals surface area contributed by atoms with E-state index in [2.05, 4.69) is 132 Å². The lowest BCUT2D eigenvalue weighted by Crippen LogP contribution is -2.09. The van der Waals surface area contributed by atoms with Gasteiger partial charge in [-0.15, -0.1) is 11.3 Å². The Morgan fingerprint density at radius 3 is 2.00 bits per heavy atom. The second-order valence-electron chi connectivity index (χ2n) is 8.73. The molecule has 3 heteroatoms. The van der Waals surface area contributed by atoms with Crippen LogP contribution in [0.25, 0.3) is 47.7 Å². The minimum absolute atomic E-state index is 1.18. The van der Waals surface area contributed by atoms with Crippen LogP contribution in [-0.4, -0.2) is 11.6 Å². The maximum Gasteiger partial charge on any atom is 0.0542 e. The fraction of sp³-hybridized carbons (Fsp3) is 0.0323. The Morgan fingerprint density at radius 2 is 1.15 bits per heavy atom. The molecule has 162 valence electrons. The van der Waals surface area contributed by atoms with E-state index in [4.69, 9.17) is 0 Å². The molecule has 0 saturated heterocycles. The quantitative estimate of drug-likeness (QED) is 0.259. The molecule has 0 radical (unpaired) electrons. The predicted octanol–water partition coefficient (Wildman–Crippen LogP) is 8.92. The monoisotopic (exact) mass is 454 g/mol. The van der Waals surface area contributed by atoms with Crippen LogP contribution in [0.4, 0.5) is 11.4 Å². The first kappa shape index (κ1) is 19.4. The van der Waals surface area contributed by atoms with Crippen LogP contribution >= 0.6 is 11.3 Å². The number of thiophene rings is 1. The molecule has 7 aromatic rings. The van der Waals surface area contributed by atoms with E-state index in [0.717, 1.165) is 0 Å². The van der Waals surface area contributed by atoms with Crippen LogP contribution in [0.5, 0.6) is 0 Å². The molecule has 0 bridgehead atoms. The number of rotatable bonds is 3. The van der Waals surface area contributed by atoms with Gasteiger partial charge in [0.2, 0.25) is 0 Å². The number of aromatic nitrogens is 1. The van der Waals surface area contributed by atoms with Gasteiger partial charge in [0.05, 0.1) is 11.0 Å². The van der Waals surface area contributed by atoms with Crippen LogP contribution < -0.4 is 4.90 Å². The number of para-hydroxylation sites is 2. The third kappa shape index (κ3) is 2.87. The van der Waals surface area contributed by atoms with Crippen molar-refractivity contribution in [2.45, 2.75) is 0 Å². The molecule has 34 heavy (non-hydrogen) atoms. The predicted molar refractivity (Wildman–Crippen MR) is 148 cm³/mol. The number of anilines is 2. The van der Waals surface area contributed by atoms with E-state index >= 15 is 0 Å². The minimum atomic E-state index is 1.18. The molecule has 5 aromatic carbocycles. The fourth-order valence-electron chi connectivity index (χ4n) is 5.10. The van der Waals surface area contributed by atoms with Gasteiger partial charge in [-0.1, -0.05) is 54.6 Å². The zero-order valence-electron chi connectivity index (χ0n) is 18.8. The molecule has 0 saturated carbocycles. The molecule has 0 aliphatic rings. The van der Waals surface area contributed by atoms with Gasteiger partial charge in [0.25, 0.3) is 0 Å². The lowest BCUT2D eigenvalue weighted by molar-refractivity contribution is 1.18. The average Bonchev–Trinajstić information content (AvgIpc) is 3.43. The number of fused-ring (bicyclic) bond motifs is 6. The molecular weight excluding hydrogens is 432 g/mol. The normalized spacial score (nSPS) is 11.7. The van der Waals surface area contributed by atoms with Crippen molar-refractivity contribution in [1.29, 1.82) is 0 Å². The highest BCUT2D eigenvalue weighted by Gasteiger charge is 2.14. The summed E-state index contributed by atoms with van der Waals surface area (Å²) >= 11 is 1.86. The molecule has 2 nitrogen and oxygen atoms in total. The number of hydrogen-bond donors (Lipinski definition) is 0. The van der Waals surface area contributed by atoms with E-state index in [1.807, 2.05) is 11.3 Å². The molecule has 2 heterocycles. The Kier molecular flexibility index (Phi) is 4.26. The highest BCUT2D eigenvalue weighted by atomic mass is 32.1. The van der Waals surface area contributed by atoms with Crippen molar-refractivity contribution >= 4 is 64.7 Å². The standard InChI is InChI=1S/C31H22N2S/c1-32(23-16-18-31-27(20-23)25-12-6-8-14-30(25)34-31)22-15-17-29-26(19-22)24-11-5-7-13-28(24)33(29)21-9-3-2-4-10-21/h2-20H,1H3. The van der Waals surface area contributed by atoms with Gasteiger partial charge >= 0.3 is 0 Å². The molecule has 7 rings (SSSR count). The first-order chi connectivity index (χ1) is 16.8. The van der Waals surface area contributed by atoms with Gasteiger partial charge < -0.3 is 9.47 Å². The van der Waals surface area contributed by atoms with Crippen molar-refractivity contribution in [3.8, 4) is 5.69 Å². The summed E-state index contributed by atoms with van der Waals surface area (Å²) < 4.78 is 5.03. The molecule has 2 aromatic heterocycles. The highest BCUT2D eigenvalue weighted by molar-refractivity contribution is 7.25. The van der Waals surface area contributed by atoms with Gasteiger partial charge in [-0.3, -0.25) is 0 Å². The van der Waals surface area contributed by atoms with Gasteiger partial charge in [0, 0.05) is 55.1 Å². The Balaban J connectivity index is 1.40. The van der Waals surface area contributed by atoms with E-state index in [9.17, 15) is 0 Å². The van der Waals surface area contributed by atoms with Crippen molar-refractivity contribution in [3.05, 3.63) is 115 Å². The number of nitrogens with zero attached hydrogens (tertiary/aromatic N) is 2. The first-order valence-electron chi connectivity index (χ1n) is 11.5. The summed E-state index contributed by atoms with van der Waals surface area (Å²) in [7, 11) is 2.16. The molecular formula is C31H22N2S. The van der Waals surface area contributed by atoms with Crippen molar-refractivity contribution in [2.75, 3.05) is 11.9 Å². The van der Waals surface area contributed by atoms with Crippen LogP contribution in [0.15, 0.2) is 115 Å². The fourth-order valence-corrected chi connectivity index (χ4v) is 6.18. The Morgan fingerprint density at radius 1 is 0.529 bits per heavy atom. The van der Waals surface area contributed by atoms with Crippen LogP contribution in [0.2, 0.25) is 0 Å². The van der Waals surface area contributed by atoms with E-state index in [1.54, 1.807) is 0 Å². The molecule has 0 amide bonds. The van der Waals surface area contributed by atoms with E-state index in [0.29, 0.717) is 0 Å². The third-order valence-electron chi connectivity index (χ3n) is 6.81. The largest absolute Gasteiger partial charge is 0.345 e. The lowest BCUT2D eigenvalue weighted by Gasteiger charge is -2.20. The Bertz CT molecular complexity index is 1830. The summed E-state index contributed by atoms with van der Waals surface area (Å²) in [5.74, 6) is 0. The Labute approximate surface area is 201 Å². The first-order valence-corrected chi connectivity index (χ1v) is 12.3. The number of benzene rings is 5. The summed E-state index contributed by atoms with van der Waals surface area (Å²) in [6.07, 6.45) is 0. The molecule has 0 fully saturated rings. The lowest BCUT2D eigenvalue weighted by atomic mass is 10.1. The van der Waals surface area contributed by atoms with Crippen molar-refractivity contribution in [3.63, 3.8) is 0 Å². The molecule has 0 unspecified atom stereocenters. The second-order valence-corrected chi connectivity index (χ2v) is 9.81. The molecule has 0 spiro atoms. The maximum atomic E-state index is 2.36. The van der Waals surface area contributed by atoms with E-state index in [-0.39, 0.29) is 0 Å². The smallest absolute Gasteiger partial charge is 0.0542 e. The van der Waals surface area contributed by atoms with Crippen LogP contribution in [-0.2, 0) is 0 Å². The zero-order chi connectivity index (χ0) is 22.6. The van der Waals surface area contributed by atoms with Crippen molar-refractivity contribution in [2.24, 2.45) is 0 Å². The van der Waals surface area contributed by atoms with Gasteiger partial charge in [0.15, 0.2) is 0 Å². The summed E-state index contributed by atoms with van der Waals surface area (Å²) in [5, 5.41) is 5.20. The minimum Gasteiger partial charge on any atom is -0.345 e. The summed E-state index contributed by atoms with van der Waals surface area (Å²) in [6.45, 7) is 0. The Hall–Kier alpha value is -4.08. The highest BCUT2D eigenvalue weighted by Crippen LogP contribution is 2.39. The van der Waals surface area contributed by atoms with E-state index in [1.165, 1.54) is 59.0 Å². The SMILES string of the molecule is CN(c1ccc2sc3ccccc3c2c1)c1ccc2c(c1)c1ccccc1n2-c1ccccc1. The van der Waals surface area contributed by atoms with Gasteiger partial charge in [0.1, 0.15) is 0 Å². The van der Waals surface area contributed by atoms with Crippen molar-refractivity contribution < 1.29 is 0 Å². The maximum absolute atomic E-state index is 2.36. The van der Waals surface area contributed by atoms with Crippen molar-refractivity contribution in [1.82, 2.24) is 4.57 Å². The van der Waals surface area contributed by atoms with Crippen LogP contribution in [0, 0.1) is 0 Å². The third-order valence-corrected chi connectivity index (χ3v) is 7.96. The number of hydrogen-bond acceptors (Lipinski definition) is 2. The molecule has 0 aliphatic heterocycles. The van der Waals surface area contributed by atoms with Gasteiger partial charge in [-0.2, -0.15) is 0 Å². The topological polar surface area (TPSA) is 8.17 Å². The molecule has 0 N–H and O–H groups in total. The van der Waals surface area contributed by atoms with Crippen LogP contribution in [0.1, 0.15) is 0 Å². The van der Waals surface area contributed by atoms with Gasteiger partial charge in [-0.05, 0) is 60.7 Å². The zero-order valence-corrected chi connectivity index (χ0v) is 19.6. The molecule has 0 aliphatic carbocycles. The second kappa shape index (κ2) is 7.47. The van der Waals surface area contributed by atoms with Gasteiger partial charge in [-0.25, -0.2) is 0 Å². The molecule has 0 atom stereocenters.